The molecule has 0 unspecified atom stereocenters. The molecule has 6 nitrogen and oxygen atoms in total. The summed E-state index contributed by atoms with van der Waals surface area (Å²) in [5, 5.41) is 5.09. The maximum absolute atomic E-state index is 13.1. The van der Waals surface area contributed by atoms with Crippen LogP contribution < -0.4 is 10.6 Å². The van der Waals surface area contributed by atoms with E-state index in [1.54, 1.807) is 0 Å². The van der Waals surface area contributed by atoms with Crippen molar-refractivity contribution >= 4 is 29.1 Å². The number of nitrogens with one attached hydrogen (secondary N) is 2. The fourth-order valence-electron chi connectivity index (χ4n) is 1.83. The highest BCUT2D eigenvalue weighted by atomic mass is 35.5. The Balaban J connectivity index is 2.08. The molecule has 0 aliphatic rings. The lowest BCUT2D eigenvalue weighted by molar-refractivity contribution is 0.0932. The van der Waals surface area contributed by atoms with Gasteiger partial charge >= 0.3 is 0 Å². The third kappa shape index (κ3) is 4.74. The number of aromatic nitrogens is 1. The Morgan fingerprint density at radius 2 is 2.04 bits per heavy atom. The Morgan fingerprint density at radius 1 is 1.25 bits per heavy atom. The SMILES string of the molecule is COCCNC(=O)c1cc(C(=O)Nc2ccc(F)c(Cl)c2)ccn1. The van der Waals surface area contributed by atoms with Crippen LogP contribution in [0, 0.1) is 5.82 Å². The number of carbonyl (C=O) groups is 2. The summed E-state index contributed by atoms with van der Waals surface area (Å²) in [6, 6.07) is 6.67. The summed E-state index contributed by atoms with van der Waals surface area (Å²) < 4.78 is 18.0. The Bertz CT molecular complexity index is 755. The molecular weight excluding hydrogens is 337 g/mol. The van der Waals surface area contributed by atoms with Gasteiger partial charge in [0.2, 0.25) is 0 Å². The van der Waals surface area contributed by atoms with Crippen LogP contribution in [0.1, 0.15) is 20.8 Å². The van der Waals surface area contributed by atoms with Gasteiger partial charge in [0.1, 0.15) is 11.5 Å². The molecule has 1 aromatic heterocycles. The number of halogens is 2. The van der Waals surface area contributed by atoms with Gasteiger partial charge < -0.3 is 15.4 Å². The van der Waals surface area contributed by atoms with Crippen molar-refractivity contribution < 1.29 is 18.7 Å². The second-order valence-electron chi connectivity index (χ2n) is 4.76. The van der Waals surface area contributed by atoms with Crippen LogP contribution in [0.3, 0.4) is 0 Å². The molecule has 0 fully saturated rings. The maximum Gasteiger partial charge on any atom is 0.269 e. The van der Waals surface area contributed by atoms with Crippen molar-refractivity contribution in [3.8, 4) is 0 Å². The van der Waals surface area contributed by atoms with Gasteiger partial charge in [-0.15, -0.1) is 0 Å². The number of amides is 2. The first-order chi connectivity index (χ1) is 11.5. The Kier molecular flexibility index (Phi) is 6.22. The number of nitrogens with zero attached hydrogens (tertiary/aromatic N) is 1. The average molecular weight is 352 g/mol. The third-order valence-corrected chi connectivity index (χ3v) is 3.31. The van der Waals surface area contributed by atoms with Gasteiger partial charge in [-0.05, 0) is 30.3 Å². The minimum Gasteiger partial charge on any atom is -0.383 e. The topological polar surface area (TPSA) is 80.3 Å². The molecule has 1 heterocycles. The molecular formula is C16H15ClFN3O3. The largest absolute Gasteiger partial charge is 0.383 e. The molecule has 0 spiro atoms. The molecule has 2 aromatic rings. The first-order valence-electron chi connectivity index (χ1n) is 7.01. The smallest absolute Gasteiger partial charge is 0.269 e. The number of benzene rings is 1. The standard InChI is InChI=1S/C16H15ClFN3O3/c1-24-7-6-20-16(23)14-8-10(4-5-19-14)15(22)21-11-2-3-13(18)12(17)9-11/h2-5,8-9H,6-7H2,1H3,(H,20,23)(H,21,22). The van der Waals surface area contributed by atoms with E-state index in [0.717, 1.165) is 6.07 Å². The van der Waals surface area contributed by atoms with Crippen molar-refractivity contribution in [1.29, 1.82) is 0 Å². The molecule has 2 amide bonds. The molecule has 1 aromatic carbocycles. The fraction of sp³-hybridized carbons (Fsp3) is 0.188. The van der Waals surface area contributed by atoms with E-state index in [-0.39, 0.29) is 16.3 Å². The quantitative estimate of drug-likeness (QED) is 0.784. The number of methoxy groups -OCH3 is 1. The molecule has 0 bridgehead atoms. The molecule has 126 valence electrons. The summed E-state index contributed by atoms with van der Waals surface area (Å²) in [7, 11) is 1.52. The van der Waals surface area contributed by atoms with Crippen LogP contribution in [0.15, 0.2) is 36.5 Å². The maximum atomic E-state index is 13.1. The van der Waals surface area contributed by atoms with Crippen molar-refractivity contribution in [2.24, 2.45) is 0 Å². The molecule has 8 heteroatoms. The van der Waals surface area contributed by atoms with Crippen LogP contribution in [0.5, 0.6) is 0 Å². The van der Waals surface area contributed by atoms with Crippen LogP contribution in [0.25, 0.3) is 0 Å². The normalized spacial score (nSPS) is 10.3. The summed E-state index contributed by atoms with van der Waals surface area (Å²) in [4.78, 5) is 28.1. The zero-order chi connectivity index (χ0) is 17.5. The van der Waals surface area contributed by atoms with E-state index in [1.807, 2.05) is 0 Å². The minimum absolute atomic E-state index is 0.0965. The number of carbonyl (C=O) groups excluding carboxylic acids is 2. The molecule has 2 N–H and O–H groups in total. The van der Waals surface area contributed by atoms with E-state index >= 15 is 0 Å². The minimum atomic E-state index is -0.575. The van der Waals surface area contributed by atoms with Gasteiger partial charge in [0, 0.05) is 31.1 Å². The number of pyridine rings is 1. The van der Waals surface area contributed by atoms with Crippen molar-refractivity contribution in [1.82, 2.24) is 10.3 Å². The number of anilines is 1. The summed E-state index contributed by atoms with van der Waals surface area (Å²) in [6.45, 7) is 0.707. The lowest BCUT2D eigenvalue weighted by Crippen LogP contribution is -2.28. The first-order valence-corrected chi connectivity index (χ1v) is 7.38. The summed E-state index contributed by atoms with van der Waals surface area (Å²) >= 11 is 5.67. The molecule has 0 saturated heterocycles. The second kappa shape index (κ2) is 8.37. The lowest BCUT2D eigenvalue weighted by atomic mass is 10.2. The van der Waals surface area contributed by atoms with Gasteiger partial charge in [-0.2, -0.15) is 0 Å². The van der Waals surface area contributed by atoms with E-state index in [4.69, 9.17) is 16.3 Å². The number of hydrogen-bond acceptors (Lipinski definition) is 4. The van der Waals surface area contributed by atoms with Crippen LogP contribution >= 0.6 is 11.6 Å². The summed E-state index contributed by atoms with van der Waals surface area (Å²) in [6.07, 6.45) is 1.36. The second-order valence-corrected chi connectivity index (χ2v) is 5.17. The number of hydrogen-bond donors (Lipinski definition) is 2. The predicted octanol–water partition coefficient (Wildman–Crippen LogP) is 2.50. The average Bonchev–Trinajstić information content (AvgIpc) is 2.58. The Hall–Kier alpha value is -2.51. The molecule has 0 aliphatic heterocycles. The van der Waals surface area contributed by atoms with E-state index in [0.29, 0.717) is 18.8 Å². The molecule has 2 rings (SSSR count). The zero-order valence-corrected chi connectivity index (χ0v) is 13.6. The first kappa shape index (κ1) is 17.8. The summed E-state index contributed by atoms with van der Waals surface area (Å²) in [5.74, 6) is -1.45. The predicted molar refractivity (Wildman–Crippen MR) is 87.8 cm³/mol. The van der Waals surface area contributed by atoms with Crippen molar-refractivity contribution in [2.45, 2.75) is 0 Å². The van der Waals surface area contributed by atoms with Crippen molar-refractivity contribution in [2.75, 3.05) is 25.6 Å². The number of rotatable bonds is 6. The van der Waals surface area contributed by atoms with Crippen molar-refractivity contribution in [3.05, 3.63) is 58.6 Å². The highest BCUT2D eigenvalue weighted by molar-refractivity contribution is 6.31. The highest BCUT2D eigenvalue weighted by Crippen LogP contribution is 2.20. The fourth-order valence-corrected chi connectivity index (χ4v) is 2.01. The number of ether oxygens (including phenoxy) is 1. The third-order valence-electron chi connectivity index (χ3n) is 3.02. The van der Waals surface area contributed by atoms with Gasteiger partial charge in [0.05, 0.1) is 11.6 Å². The van der Waals surface area contributed by atoms with Gasteiger partial charge in [0.25, 0.3) is 11.8 Å². The van der Waals surface area contributed by atoms with Crippen LogP contribution in [0.2, 0.25) is 5.02 Å². The van der Waals surface area contributed by atoms with Gasteiger partial charge in [-0.1, -0.05) is 11.6 Å². The molecule has 24 heavy (non-hydrogen) atoms. The molecule has 0 saturated carbocycles. The summed E-state index contributed by atoms with van der Waals surface area (Å²) in [5.41, 5.74) is 0.688. The van der Waals surface area contributed by atoms with Crippen LogP contribution in [-0.4, -0.2) is 37.1 Å². The molecule has 0 radical (unpaired) electrons. The van der Waals surface area contributed by atoms with E-state index in [2.05, 4.69) is 15.6 Å². The van der Waals surface area contributed by atoms with Crippen LogP contribution in [0.4, 0.5) is 10.1 Å². The van der Waals surface area contributed by atoms with E-state index < -0.39 is 17.6 Å². The monoisotopic (exact) mass is 351 g/mol. The highest BCUT2D eigenvalue weighted by Gasteiger charge is 2.12. The van der Waals surface area contributed by atoms with E-state index in [1.165, 1.54) is 37.6 Å². The Morgan fingerprint density at radius 3 is 2.75 bits per heavy atom. The zero-order valence-electron chi connectivity index (χ0n) is 12.8. The van der Waals surface area contributed by atoms with Crippen molar-refractivity contribution in [3.63, 3.8) is 0 Å². The molecule has 0 atom stereocenters. The van der Waals surface area contributed by atoms with Gasteiger partial charge in [-0.3, -0.25) is 14.6 Å². The van der Waals surface area contributed by atoms with Gasteiger partial charge in [-0.25, -0.2) is 4.39 Å². The lowest BCUT2D eigenvalue weighted by Gasteiger charge is -2.08. The molecule has 0 aliphatic carbocycles. The van der Waals surface area contributed by atoms with Crippen LogP contribution in [-0.2, 0) is 4.74 Å². The van der Waals surface area contributed by atoms with E-state index in [9.17, 15) is 14.0 Å². The Labute approximate surface area is 143 Å². The van der Waals surface area contributed by atoms with Gasteiger partial charge in [0.15, 0.2) is 0 Å².